The highest BCUT2D eigenvalue weighted by Gasteiger charge is 2.26. The summed E-state index contributed by atoms with van der Waals surface area (Å²) >= 11 is 0. The number of morpholine rings is 1. The first kappa shape index (κ1) is 24.4. The lowest BCUT2D eigenvalue weighted by atomic mass is 10.1. The zero-order valence-electron chi connectivity index (χ0n) is 19.2. The van der Waals surface area contributed by atoms with E-state index in [9.17, 15) is 18.0 Å². The fourth-order valence-electron chi connectivity index (χ4n) is 4.26. The number of piperidine rings is 1. The number of carbonyl (C=O) groups excluding carboxylic acids is 2. The predicted molar refractivity (Wildman–Crippen MR) is 129 cm³/mol. The van der Waals surface area contributed by atoms with Gasteiger partial charge in [-0.1, -0.05) is 18.2 Å². The Hall–Kier alpha value is -2.75. The van der Waals surface area contributed by atoms with Crippen molar-refractivity contribution in [3.63, 3.8) is 0 Å². The molecule has 0 unspecified atom stereocenters. The van der Waals surface area contributed by atoms with Gasteiger partial charge in [-0.05, 0) is 61.6 Å². The Morgan fingerprint density at radius 2 is 1.62 bits per heavy atom. The van der Waals surface area contributed by atoms with Crippen molar-refractivity contribution in [2.75, 3.05) is 44.7 Å². The number of hydrogen-bond acceptors (Lipinski definition) is 5. The number of benzene rings is 2. The van der Waals surface area contributed by atoms with Crippen LogP contribution in [0.1, 0.15) is 41.6 Å². The van der Waals surface area contributed by atoms with Crippen LogP contribution >= 0.6 is 0 Å². The number of nitrogens with one attached hydrogen (secondary N) is 1. The second-order valence-corrected chi connectivity index (χ2v) is 10.6. The number of sulfonamides is 1. The first-order valence-electron chi connectivity index (χ1n) is 11.8. The number of likely N-dealkylation sites (tertiary alicyclic amines) is 1. The summed E-state index contributed by atoms with van der Waals surface area (Å²) in [6, 6.07) is 13.7. The largest absolute Gasteiger partial charge is 0.379 e. The summed E-state index contributed by atoms with van der Waals surface area (Å²) in [5.74, 6) is -0.157. The summed E-state index contributed by atoms with van der Waals surface area (Å²) in [6.07, 6.45) is 3.95. The normalized spacial score (nSPS) is 17.4. The molecule has 0 aromatic heterocycles. The zero-order chi connectivity index (χ0) is 24.0. The standard InChI is InChI=1S/C25H31N3O5S/c29-24(26-22-6-4-5-21(19-22)25(30)27-13-2-1-3-14-27)12-9-20-7-10-23(11-8-20)34(31,32)28-15-17-33-18-16-28/h4-8,10-11,19H,1-3,9,12-18H2,(H,26,29). The molecule has 0 radical (unpaired) electrons. The molecule has 2 aliphatic rings. The molecule has 0 saturated carbocycles. The molecular formula is C25H31N3O5S. The number of amides is 2. The molecule has 0 aliphatic carbocycles. The molecule has 2 aromatic rings. The van der Waals surface area contributed by atoms with Gasteiger partial charge >= 0.3 is 0 Å². The minimum atomic E-state index is -3.53. The number of ether oxygens (including phenoxy) is 1. The minimum absolute atomic E-state index is 0.00270. The van der Waals surface area contributed by atoms with Crippen LogP contribution < -0.4 is 5.32 Å². The second-order valence-electron chi connectivity index (χ2n) is 8.64. The van der Waals surface area contributed by atoms with E-state index in [1.165, 1.54) is 4.31 Å². The van der Waals surface area contributed by atoms with Crippen LogP contribution in [-0.4, -0.2) is 68.8 Å². The van der Waals surface area contributed by atoms with E-state index in [0.29, 0.717) is 44.0 Å². The highest BCUT2D eigenvalue weighted by atomic mass is 32.2. The van der Waals surface area contributed by atoms with Gasteiger partial charge in [-0.3, -0.25) is 9.59 Å². The average Bonchev–Trinajstić information content (AvgIpc) is 2.88. The molecule has 182 valence electrons. The van der Waals surface area contributed by atoms with Crippen molar-refractivity contribution in [1.82, 2.24) is 9.21 Å². The summed E-state index contributed by atoms with van der Waals surface area (Å²) in [5, 5.41) is 2.86. The number of hydrogen-bond donors (Lipinski definition) is 1. The monoisotopic (exact) mass is 485 g/mol. The second kappa shape index (κ2) is 11.1. The van der Waals surface area contributed by atoms with Crippen LogP contribution in [-0.2, 0) is 26.0 Å². The van der Waals surface area contributed by atoms with E-state index >= 15 is 0 Å². The Labute approximate surface area is 200 Å². The molecule has 2 aromatic carbocycles. The average molecular weight is 486 g/mol. The Kier molecular flexibility index (Phi) is 7.97. The number of nitrogens with zero attached hydrogens (tertiary/aromatic N) is 2. The van der Waals surface area contributed by atoms with Crippen LogP contribution in [0.5, 0.6) is 0 Å². The quantitative estimate of drug-likeness (QED) is 0.651. The third-order valence-electron chi connectivity index (χ3n) is 6.21. The molecule has 0 bridgehead atoms. The van der Waals surface area contributed by atoms with E-state index in [-0.39, 0.29) is 23.1 Å². The smallest absolute Gasteiger partial charge is 0.253 e. The van der Waals surface area contributed by atoms with Gasteiger partial charge in [0.25, 0.3) is 5.91 Å². The van der Waals surface area contributed by atoms with Crippen molar-refractivity contribution in [1.29, 1.82) is 0 Å². The molecule has 0 spiro atoms. The fraction of sp³-hybridized carbons (Fsp3) is 0.440. The van der Waals surface area contributed by atoms with Crippen LogP contribution in [0.4, 0.5) is 5.69 Å². The molecule has 2 aliphatic heterocycles. The van der Waals surface area contributed by atoms with Gasteiger partial charge in [0.1, 0.15) is 0 Å². The molecule has 2 saturated heterocycles. The van der Waals surface area contributed by atoms with E-state index in [1.54, 1.807) is 48.5 Å². The van der Waals surface area contributed by atoms with E-state index in [4.69, 9.17) is 4.74 Å². The van der Waals surface area contributed by atoms with Crippen LogP contribution in [0.2, 0.25) is 0 Å². The number of rotatable bonds is 7. The molecule has 0 atom stereocenters. The lowest BCUT2D eigenvalue weighted by molar-refractivity contribution is -0.116. The van der Waals surface area contributed by atoms with Crippen molar-refractivity contribution >= 4 is 27.5 Å². The van der Waals surface area contributed by atoms with E-state index < -0.39 is 10.0 Å². The maximum atomic E-state index is 12.7. The first-order valence-corrected chi connectivity index (χ1v) is 13.2. The van der Waals surface area contributed by atoms with Gasteiger partial charge < -0.3 is 15.0 Å². The van der Waals surface area contributed by atoms with Gasteiger partial charge in [0, 0.05) is 43.9 Å². The molecule has 2 amide bonds. The maximum absolute atomic E-state index is 12.7. The highest BCUT2D eigenvalue weighted by molar-refractivity contribution is 7.89. The SMILES string of the molecule is O=C(CCc1ccc(S(=O)(=O)N2CCOCC2)cc1)Nc1cccc(C(=O)N2CCCCC2)c1. The van der Waals surface area contributed by atoms with E-state index in [1.807, 2.05) is 4.90 Å². The Bertz CT molecular complexity index is 1110. The molecule has 9 heteroatoms. The van der Waals surface area contributed by atoms with Gasteiger partial charge in [-0.15, -0.1) is 0 Å². The fourth-order valence-corrected chi connectivity index (χ4v) is 5.66. The van der Waals surface area contributed by atoms with Crippen LogP contribution in [0.3, 0.4) is 0 Å². The van der Waals surface area contributed by atoms with Crippen molar-refractivity contribution in [3.8, 4) is 0 Å². The van der Waals surface area contributed by atoms with Gasteiger partial charge in [0.15, 0.2) is 0 Å². The Morgan fingerprint density at radius 1 is 0.912 bits per heavy atom. The number of aryl methyl sites for hydroxylation is 1. The lowest BCUT2D eigenvalue weighted by Gasteiger charge is -2.26. The third-order valence-corrected chi connectivity index (χ3v) is 8.12. The third kappa shape index (κ3) is 6.02. The van der Waals surface area contributed by atoms with Crippen molar-refractivity contribution in [2.24, 2.45) is 0 Å². The molecular weight excluding hydrogens is 454 g/mol. The number of carbonyl (C=O) groups is 2. The first-order chi connectivity index (χ1) is 16.4. The summed E-state index contributed by atoms with van der Waals surface area (Å²) in [7, 11) is -3.53. The molecule has 1 N–H and O–H groups in total. The predicted octanol–water partition coefficient (Wildman–Crippen LogP) is 2.90. The van der Waals surface area contributed by atoms with Crippen molar-refractivity contribution in [3.05, 3.63) is 59.7 Å². The molecule has 34 heavy (non-hydrogen) atoms. The van der Waals surface area contributed by atoms with Gasteiger partial charge in [0.05, 0.1) is 18.1 Å². The Morgan fingerprint density at radius 3 is 2.32 bits per heavy atom. The summed E-state index contributed by atoms with van der Waals surface area (Å²) in [4.78, 5) is 27.3. The maximum Gasteiger partial charge on any atom is 0.253 e. The number of anilines is 1. The van der Waals surface area contributed by atoms with Crippen LogP contribution in [0, 0.1) is 0 Å². The molecule has 8 nitrogen and oxygen atoms in total. The summed E-state index contributed by atoms with van der Waals surface area (Å²) < 4.78 is 32.1. The van der Waals surface area contributed by atoms with E-state index in [0.717, 1.165) is 37.9 Å². The lowest BCUT2D eigenvalue weighted by Crippen LogP contribution is -2.40. The van der Waals surface area contributed by atoms with Gasteiger partial charge in [-0.25, -0.2) is 8.42 Å². The van der Waals surface area contributed by atoms with Gasteiger partial charge in [-0.2, -0.15) is 4.31 Å². The van der Waals surface area contributed by atoms with E-state index in [2.05, 4.69) is 5.32 Å². The summed E-state index contributed by atoms with van der Waals surface area (Å²) in [6.45, 7) is 3.08. The molecule has 2 fully saturated rings. The molecule has 4 rings (SSSR count). The highest BCUT2D eigenvalue weighted by Crippen LogP contribution is 2.19. The minimum Gasteiger partial charge on any atom is -0.379 e. The Balaban J connectivity index is 1.30. The van der Waals surface area contributed by atoms with Crippen LogP contribution in [0.25, 0.3) is 0 Å². The topological polar surface area (TPSA) is 96.0 Å². The zero-order valence-corrected chi connectivity index (χ0v) is 20.1. The van der Waals surface area contributed by atoms with Crippen molar-refractivity contribution in [2.45, 2.75) is 37.0 Å². The van der Waals surface area contributed by atoms with Crippen molar-refractivity contribution < 1.29 is 22.7 Å². The molecule has 2 heterocycles. The van der Waals surface area contributed by atoms with Crippen LogP contribution in [0.15, 0.2) is 53.4 Å². The van der Waals surface area contributed by atoms with Gasteiger partial charge in [0.2, 0.25) is 15.9 Å². The summed E-state index contributed by atoms with van der Waals surface area (Å²) in [5.41, 5.74) is 2.06.